The van der Waals surface area contributed by atoms with E-state index in [1.807, 2.05) is 20.0 Å². The van der Waals surface area contributed by atoms with Crippen LogP contribution in [0.15, 0.2) is 29.1 Å². The number of thiophene rings is 1. The molecule has 0 bridgehead atoms. The van der Waals surface area contributed by atoms with E-state index < -0.39 is 0 Å². The van der Waals surface area contributed by atoms with Gasteiger partial charge in [-0.1, -0.05) is 0 Å². The van der Waals surface area contributed by atoms with Gasteiger partial charge in [-0.2, -0.15) is 11.3 Å². The van der Waals surface area contributed by atoms with Gasteiger partial charge in [0.2, 0.25) is 0 Å². The second-order valence-electron chi connectivity index (χ2n) is 4.66. The molecule has 0 radical (unpaired) electrons. The van der Waals surface area contributed by atoms with Crippen LogP contribution in [-0.4, -0.2) is 14.5 Å². The first-order chi connectivity index (χ1) is 9.15. The minimum Gasteiger partial charge on any atom is -0.307 e. The van der Waals surface area contributed by atoms with Gasteiger partial charge in [-0.25, -0.2) is 9.97 Å². The van der Waals surface area contributed by atoms with Crippen molar-refractivity contribution < 1.29 is 0 Å². The number of imidazole rings is 1. The number of aromatic nitrogens is 3. The van der Waals surface area contributed by atoms with E-state index in [0.717, 1.165) is 29.1 Å². The van der Waals surface area contributed by atoms with E-state index in [0.29, 0.717) is 0 Å². The maximum atomic E-state index is 6.25. The summed E-state index contributed by atoms with van der Waals surface area (Å²) >= 11 is 7.95. The van der Waals surface area contributed by atoms with Crippen molar-refractivity contribution in [3.05, 3.63) is 46.0 Å². The second-order valence-corrected chi connectivity index (χ2v) is 6.09. The Morgan fingerprint density at radius 1 is 1.47 bits per heavy atom. The van der Waals surface area contributed by atoms with Crippen molar-refractivity contribution in [3.8, 4) is 0 Å². The Morgan fingerprint density at radius 2 is 2.32 bits per heavy atom. The van der Waals surface area contributed by atoms with E-state index >= 15 is 0 Å². The van der Waals surface area contributed by atoms with Crippen molar-refractivity contribution in [3.63, 3.8) is 0 Å². The van der Waals surface area contributed by atoms with Crippen LogP contribution in [0.3, 0.4) is 0 Å². The lowest BCUT2D eigenvalue weighted by Crippen LogP contribution is -2.05. The third kappa shape index (κ3) is 2.38. The number of hydrogen-bond donors (Lipinski definition) is 0. The lowest BCUT2D eigenvalue weighted by molar-refractivity contribution is 0.738. The van der Waals surface area contributed by atoms with Crippen LogP contribution in [0.1, 0.15) is 29.3 Å². The number of nitrogens with zero attached hydrogens (tertiary/aromatic N) is 3. The lowest BCUT2D eigenvalue weighted by atomic mass is 10.3. The lowest BCUT2D eigenvalue weighted by Gasteiger charge is -2.08. The third-order valence-corrected chi connectivity index (χ3v) is 3.95. The number of alkyl halides is 1. The molecular weight excluding hydrogens is 278 g/mol. The standard InChI is InChI=1S/C14H14ClN3S/c1-9-5-12-14(16-6-9)18(13(17-12)10(2)15)7-11-3-4-19-8-11/h3-6,8,10H,7H2,1-2H3. The highest BCUT2D eigenvalue weighted by molar-refractivity contribution is 7.07. The predicted octanol–water partition coefficient (Wildman–Crippen LogP) is 4.15. The molecule has 19 heavy (non-hydrogen) atoms. The van der Waals surface area contributed by atoms with E-state index in [1.165, 1.54) is 5.56 Å². The second kappa shape index (κ2) is 4.94. The van der Waals surface area contributed by atoms with E-state index in [2.05, 4.69) is 37.4 Å². The van der Waals surface area contributed by atoms with Gasteiger partial charge in [0.25, 0.3) is 0 Å². The summed E-state index contributed by atoms with van der Waals surface area (Å²) in [7, 11) is 0. The van der Waals surface area contributed by atoms with Crippen molar-refractivity contribution in [2.45, 2.75) is 25.8 Å². The first kappa shape index (κ1) is 12.6. The molecule has 0 spiro atoms. The summed E-state index contributed by atoms with van der Waals surface area (Å²) in [5.41, 5.74) is 4.18. The fourth-order valence-corrected chi connectivity index (χ4v) is 2.98. The van der Waals surface area contributed by atoms with E-state index in [1.54, 1.807) is 11.3 Å². The Balaban J connectivity index is 2.16. The quantitative estimate of drug-likeness (QED) is 0.679. The first-order valence-electron chi connectivity index (χ1n) is 6.13. The van der Waals surface area contributed by atoms with Crippen LogP contribution >= 0.6 is 22.9 Å². The zero-order valence-corrected chi connectivity index (χ0v) is 12.4. The predicted molar refractivity (Wildman–Crippen MR) is 80.0 cm³/mol. The molecule has 0 fully saturated rings. The van der Waals surface area contributed by atoms with Gasteiger partial charge in [0.1, 0.15) is 11.3 Å². The van der Waals surface area contributed by atoms with Gasteiger partial charge in [-0.3, -0.25) is 0 Å². The summed E-state index contributed by atoms with van der Waals surface area (Å²) in [6.07, 6.45) is 1.87. The molecule has 0 aromatic carbocycles. The summed E-state index contributed by atoms with van der Waals surface area (Å²) in [5, 5.41) is 4.09. The maximum Gasteiger partial charge on any atom is 0.160 e. The van der Waals surface area contributed by atoms with E-state index in [4.69, 9.17) is 11.6 Å². The Kier molecular flexibility index (Phi) is 3.29. The molecule has 3 aromatic rings. The van der Waals surface area contributed by atoms with Crippen LogP contribution in [0.2, 0.25) is 0 Å². The molecule has 0 saturated carbocycles. The van der Waals surface area contributed by atoms with Crippen LogP contribution in [0.25, 0.3) is 11.2 Å². The monoisotopic (exact) mass is 291 g/mol. The van der Waals surface area contributed by atoms with Gasteiger partial charge in [0.15, 0.2) is 5.65 Å². The largest absolute Gasteiger partial charge is 0.307 e. The third-order valence-electron chi connectivity index (χ3n) is 3.03. The molecule has 0 N–H and O–H groups in total. The van der Waals surface area contributed by atoms with Crippen molar-refractivity contribution >= 4 is 34.1 Å². The molecule has 0 amide bonds. The highest BCUT2D eigenvalue weighted by Gasteiger charge is 2.16. The molecule has 1 unspecified atom stereocenters. The van der Waals surface area contributed by atoms with E-state index in [-0.39, 0.29) is 5.38 Å². The highest BCUT2D eigenvalue weighted by Crippen LogP contribution is 2.25. The topological polar surface area (TPSA) is 30.7 Å². The normalized spacial score (nSPS) is 13.0. The number of rotatable bonds is 3. The zero-order valence-electron chi connectivity index (χ0n) is 10.8. The zero-order chi connectivity index (χ0) is 13.4. The van der Waals surface area contributed by atoms with Crippen LogP contribution < -0.4 is 0 Å². The minimum absolute atomic E-state index is 0.131. The Labute approximate surface area is 120 Å². The number of aryl methyl sites for hydroxylation is 1. The molecule has 3 heterocycles. The molecule has 3 rings (SSSR count). The van der Waals surface area contributed by atoms with Crippen molar-refractivity contribution in [2.75, 3.05) is 0 Å². The van der Waals surface area contributed by atoms with E-state index in [9.17, 15) is 0 Å². The van der Waals surface area contributed by atoms with Crippen LogP contribution in [-0.2, 0) is 6.54 Å². The molecule has 98 valence electrons. The van der Waals surface area contributed by atoms with Crippen molar-refractivity contribution in [1.82, 2.24) is 14.5 Å². The van der Waals surface area contributed by atoms with Gasteiger partial charge < -0.3 is 4.57 Å². The summed E-state index contributed by atoms with van der Waals surface area (Å²) < 4.78 is 2.11. The fourth-order valence-electron chi connectivity index (χ4n) is 2.15. The van der Waals surface area contributed by atoms with Gasteiger partial charge in [-0.15, -0.1) is 11.6 Å². The van der Waals surface area contributed by atoms with Crippen LogP contribution in [0.5, 0.6) is 0 Å². The maximum absolute atomic E-state index is 6.25. The summed E-state index contributed by atoms with van der Waals surface area (Å²) in [6.45, 7) is 4.73. The number of pyridine rings is 1. The Bertz CT molecular complexity index is 701. The molecule has 0 aliphatic carbocycles. The molecule has 3 aromatic heterocycles. The number of hydrogen-bond acceptors (Lipinski definition) is 3. The van der Waals surface area contributed by atoms with Gasteiger partial charge >= 0.3 is 0 Å². The fraction of sp³-hybridized carbons (Fsp3) is 0.286. The summed E-state index contributed by atoms with van der Waals surface area (Å²) in [6, 6.07) is 4.17. The van der Waals surface area contributed by atoms with Gasteiger partial charge in [-0.05, 0) is 47.9 Å². The first-order valence-corrected chi connectivity index (χ1v) is 7.51. The number of halogens is 1. The number of fused-ring (bicyclic) bond motifs is 1. The molecule has 0 saturated heterocycles. The van der Waals surface area contributed by atoms with Gasteiger partial charge in [0, 0.05) is 6.20 Å². The van der Waals surface area contributed by atoms with Gasteiger partial charge in [0.05, 0.1) is 11.9 Å². The molecule has 3 nitrogen and oxygen atoms in total. The highest BCUT2D eigenvalue weighted by atomic mass is 35.5. The SMILES string of the molecule is Cc1cnc2c(c1)nc(C(C)Cl)n2Cc1ccsc1. The Morgan fingerprint density at radius 3 is 3.00 bits per heavy atom. The van der Waals surface area contributed by atoms with Crippen LogP contribution in [0, 0.1) is 6.92 Å². The average molecular weight is 292 g/mol. The molecular formula is C14H14ClN3S. The average Bonchev–Trinajstić information content (AvgIpc) is 2.97. The van der Waals surface area contributed by atoms with Crippen molar-refractivity contribution in [2.24, 2.45) is 0 Å². The molecule has 1 atom stereocenters. The minimum atomic E-state index is -0.131. The van der Waals surface area contributed by atoms with Crippen molar-refractivity contribution in [1.29, 1.82) is 0 Å². The van der Waals surface area contributed by atoms with Crippen LogP contribution in [0.4, 0.5) is 0 Å². The molecule has 5 heteroatoms. The molecule has 0 aliphatic heterocycles. The summed E-state index contributed by atoms with van der Waals surface area (Å²) in [5.74, 6) is 0.876. The smallest absolute Gasteiger partial charge is 0.160 e. The molecule has 0 aliphatic rings. The Hall–Kier alpha value is -1.39. The summed E-state index contributed by atoms with van der Waals surface area (Å²) in [4.78, 5) is 9.13.